The summed E-state index contributed by atoms with van der Waals surface area (Å²) in [6.45, 7) is 0. The van der Waals surface area contributed by atoms with Crippen molar-refractivity contribution in [1.29, 1.82) is 0 Å². The third-order valence-electron chi connectivity index (χ3n) is 2.93. The molecule has 0 bridgehead atoms. The molecule has 1 saturated carbocycles. The molecule has 0 amide bonds. The maximum atomic E-state index is 10.9. The second kappa shape index (κ2) is 4.38. The van der Waals surface area contributed by atoms with E-state index >= 15 is 0 Å². The van der Waals surface area contributed by atoms with Crippen LogP contribution in [-0.2, 0) is 0 Å². The Labute approximate surface area is 93.8 Å². The Morgan fingerprint density at radius 3 is 2.69 bits per heavy atom. The van der Waals surface area contributed by atoms with Gasteiger partial charge in [-0.25, -0.2) is 0 Å². The van der Waals surface area contributed by atoms with Crippen molar-refractivity contribution >= 4 is 17.1 Å². The molecule has 0 spiro atoms. The average Bonchev–Trinajstić information content (AvgIpc) is 2.73. The average molecular weight is 221 g/mol. The largest absolute Gasteiger partial charge is 0.399 e. The van der Waals surface area contributed by atoms with E-state index in [1.165, 1.54) is 18.9 Å². The van der Waals surface area contributed by atoms with Crippen molar-refractivity contribution in [2.75, 3.05) is 11.1 Å². The van der Waals surface area contributed by atoms with Crippen LogP contribution in [0.15, 0.2) is 18.2 Å². The molecule has 0 heterocycles. The minimum absolute atomic E-state index is 0.0619. The van der Waals surface area contributed by atoms with Gasteiger partial charge in [0.05, 0.1) is 4.92 Å². The number of hydrogen-bond donors (Lipinski definition) is 2. The smallest absolute Gasteiger partial charge is 0.294 e. The van der Waals surface area contributed by atoms with E-state index in [9.17, 15) is 10.1 Å². The second-order valence-corrected chi connectivity index (χ2v) is 4.16. The first kappa shape index (κ1) is 10.7. The van der Waals surface area contributed by atoms with Gasteiger partial charge in [0.1, 0.15) is 5.69 Å². The van der Waals surface area contributed by atoms with Crippen LogP contribution < -0.4 is 11.1 Å². The summed E-state index contributed by atoms with van der Waals surface area (Å²) in [6.07, 6.45) is 4.56. The first-order chi connectivity index (χ1) is 7.66. The highest BCUT2D eigenvalue weighted by Crippen LogP contribution is 2.30. The van der Waals surface area contributed by atoms with Crippen molar-refractivity contribution in [3.63, 3.8) is 0 Å². The number of rotatable bonds is 3. The number of nitrogens with one attached hydrogen (secondary N) is 1. The number of benzene rings is 1. The molecule has 0 aromatic heterocycles. The van der Waals surface area contributed by atoms with E-state index in [0.717, 1.165) is 12.8 Å². The molecule has 1 aliphatic rings. The second-order valence-electron chi connectivity index (χ2n) is 4.16. The quantitative estimate of drug-likeness (QED) is 0.467. The van der Waals surface area contributed by atoms with Crippen molar-refractivity contribution in [2.24, 2.45) is 0 Å². The number of nitrogens with zero attached hydrogens (tertiary/aromatic N) is 1. The molecule has 0 atom stereocenters. The van der Waals surface area contributed by atoms with Crippen LogP contribution >= 0.6 is 0 Å². The molecule has 5 nitrogen and oxygen atoms in total. The summed E-state index contributed by atoms with van der Waals surface area (Å²) in [4.78, 5) is 10.5. The molecule has 5 heteroatoms. The van der Waals surface area contributed by atoms with E-state index in [4.69, 9.17) is 5.73 Å². The van der Waals surface area contributed by atoms with Crippen LogP contribution in [0.5, 0.6) is 0 Å². The lowest BCUT2D eigenvalue weighted by atomic mass is 10.2. The molecule has 0 unspecified atom stereocenters. The van der Waals surface area contributed by atoms with Gasteiger partial charge in [0.25, 0.3) is 5.69 Å². The molecule has 2 rings (SSSR count). The zero-order valence-electron chi connectivity index (χ0n) is 8.98. The summed E-state index contributed by atoms with van der Waals surface area (Å²) in [5.74, 6) is 0. The number of nitrogens with two attached hydrogens (primary N) is 1. The summed E-state index contributed by atoms with van der Waals surface area (Å²) in [5, 5.41) is 14.1. The van der Waals surface area contributed by atoms with Gasteiger partial charge in [-0.1, -0.05) is 12.8 Å². The van der Waals surface area contributed by atoms with E-state index in [2.05, 4.69) is 5.32 Å². The van der Waals surface area contributed by atoms with Gasteiger partial charge in [0, 0.05) is 17.8 Å². The molecule has 1 aliphatic carbocycles. The number of nitro groups is 1. The standard InChI is InChI=1S/C11H15N3O2/c12-8-5-6-10(11(7-8)14(15)16)13-9-3-1-2-4-9/h5-7,9,13H,1-4,12H2. The first-order valence-electron chi connectivity index (χ1n) is 5.47. The summed E-state index contributed by atoms with van der Waals surface area (Å²) in [5.41, 5.74) is 6.60. The molecule has 0 aliphatic heterocycles. The van der Waals surface area contributed by atoms with Crippen molar-refractivity contribution < 1.29 is 4.92 Å². The Bertz CT molecular complexity index is 400. The summed E-state index contributed by atoms with van der Waals surface area (Å²) < 4.78 is 0. The molecule has 3 N–H and O–H groups in total. The van der Waals surface area contributed by atoms with Gasteiger partial charge < -0.3 is 11.1 Å². The van der Waals surface area contributed by atoms with E-state index in [1.54, 1.807) is 12.1 Å². The Morgan fingerprint density at radius 2 is 2.06 bits per heavy atom. The normalized spacial score (nSPS) is 16.2. The van der Waals surface area contributed by atoms with Gasteiger partial charge in [-0.2, -0.15) is 0 Å². The Kier molecular flexibility index (Phi) is 2.94. The predicted octanol–water partition coefficient (Wildman–Crippen LogP) is 2.53. The van der Waals surface area contributed by atoms with E-state index in [-0.39, 0.29) is 5.69 Å². The number of hydrogen-bond acceptors (Lipinski definition) is 4. The zero-order valence-corrected chi connectivity index (χ0v) is 8.98. The van der Waals surface area contributed by atoms with Crippen LogP contribution in [0.25, 0.3) is 0 Å². The number of nitrogen functional groups attached to an aromatic ring is 1. The third kappa shape index (κ3) is 2.24. The monoisotopic (exact) mass is 221 g/mol. The van der Waals surface area contributed by atoms with Gasteiger partial charge in [-0.15, -0.1) is 0 Å². The summed E-state index contributed by atoms with van der Waals surface area (Å²) in [6, 6.07) is 5.13. The SMILES string of the molecule is Nc1ccc(NC2CCCC2)c([N+](=O)[O-])c1. The lowest BCUT2D eigenvalue weighted by Crippen LogP contribution is -2.15. The fourth-order valence-corrected chi connectivity index (χ4v) is 2.11. The van der Waals surface area contributed by atoms with Gasteiger partial charge in [0.15, 0.2) is 0 Å². The van der Waals surface area contributed by atoms with Crippen molar-refractivity contribution in [1.82, 2.24) is 0 Å². The van der Waals surface area contributed by atoms with Crippen LogP contribution in [0, 0.1) is 10.1 Å². The van der Waals surface area contributed by atoms with Crippen LogP contribution in [0.4, 0.5) is 17.1 Å². The minimum atomic E-state index is -0.395. The lowest BCUT2D eigenvalue weighted by molar-refractivity contribution is -0.383. The minimum Gasteiger partial charge on any atom is -0.399 e. The Hall–Kier alpha value is -1.78. The van der Waals surface area contributed by atoms with Crippen LogP contribution in [-0.4, -0.2) is 11.0 Å². The summed E-state index contributed by atoms with van der Waals surface area (Å²) >= 11 is 0. The van der Waals surface area contributed by atoms with Gasteiger partial charge in [-0.3, -0.25) is 10.1 Å². The Balaban J connectivity index is 2.21. The number of anilines is 2. The maximum Gasteiger partial charge on any atom is 0.294 e. The first-order valence-corrected chi connectivity index (χ1v) is 5.47. The van der Waals surface area contributed by atoms with Crippen LogP contribution in [0.3, 0.4) is 0 Å². The van der Waals surface area contributed by atoms with Gasteiger partial charge in [0.2, 0.25) is 0 Å². The van der Waals surface area contributed by atoms with Crippen LogP contribution in [0.2, 0.25) is 0 Å². The Morgan fingerprint density at radius 1 is 1.38 bits per heavy atom. The highest BCUT2D eigenvalue weighted by Gasteiger charge is 2.19. The van der Waals surface area contributed by atoms with Gasteiger partial charge >= 0.3 is 0 Å². The fourth-order valence-electron chi connectivity index (χ4n) is 2.11. The highest BCUT2D eigenvalue weighted by molar-refractivity contribution is 5.67. The van der Waals surface area contributed by atoms with Crippen molar-refractivity contribution in [2.45, 2.75) is 31.7 Å². The molecule has 1 aromatic rings. The highest BCUT2D eigenvalue weighted by atomic mass is 16.6. The van der Waals surface area contributed by atoms with Crippen LogP contribution in [0.1, 0.15) is 25.7 Å². The predicted molar refractivity (Wildman–Crippen MR) is 63.4 cm³/mol. The molecule has 0 radical (unpaired) electrons. The number of nitro benzene ring substituents is 1. The van der Waals surface area contributed by atoms with E-state index < -0.39 is 4.92 Å². The molecule has 0 saturated heterocycles. The maximum absolute atomic E-state index is 10.9. The molecule has 16 heavy (non-hydrogen) atoms. The molecule has 1 aromatic carbocycles. The molecular formula is C11H15N3O2. The van der Waals surface area contributed by atoms with E-state index in [0.29, 0.717) is 17.4 Å². The van der Waals surface area contributed by atoms with Crippen molar-refractivity contribution in [3.05, 3.63) is 28.3 Å². The third-order valence-corrected chi connectivity index (χ3v) is 2.93. The zero-order chi connectivity index (χ0) is 11.5. The van der Waals surface area contributed by atoms with E-state index in [1.807, 2.05) is 0 Å². The lowest BCUT2D eigenvalue weighted by Gasteiger charge is -2.13. The fraction of sp³-hybridized carbons (Fsp3) is 0.455. The molecule has 1 fully saturated rings. The summed E-state index contributed by atoms with van der Waals surface area (Å²) in [7, 11) is 0. The molecule has 86 valence electrons. The topological polar surface area (TPSA) is 81.2 Å². The molecular weight excluding hydrogens is 206 g/mol. The van der Waals surface area contributed by atoms with Gasteiger partial charge in [-0.05, 0) is 25.0 Å². The van der Waals surface area contributed by atoms with Crippen molar-refractivity contribution in [3.8, 4) is 0 Å².